The molecule has 11 heteroatoms. The van der Waals surface area contributed by atoms with Gasteiger partial charge in [-0.15, -0.1) is 0 Å². The summed E-state index contributed by atoms with van der Waals surface area (Å²) in [4.78, 5) is 25.4. The molecule has 110 valence electrons. The number of aromatic nitrogens is 2. The van der Waals surface area contributed by atoms with Crippen LogP contribution in [0.5, 0.6) is 0 Å². The van der Waals surface area contributed by atoms with Gasteiger partial charge in [0.15, 0.2) is 6.23 Å². The molecule has 2 aliphatic rings. The van der Waals surface area contributed by atoms with Crippen LogP contribution >= 0.6 is 17.1 Å². The van der Waals surface area contributed by atoms with Gasteiger partial charge in [0.2, 0.25) is 5.69 Å². The summed E-state index contributed by atoms with van der Waals surface area (Å²) in [5.74, 6) is 0.113. The highest BCUT2D eigenvalue weighted by molar-refractivity contribution is 8.68. The van der Waals surface area contributed by atoms with E-state index in [0.29, 0.717) is 0 Å². The second-order valence-corrected chi connectivity index (χ2v) is 10.6. The Bertz CT molecular complexity index is 640. The van der Waals surface area contributed by atoms with Crippen LogP contribution in [0, 0.1) is 0 Å². The zero-order chi connectivity index (χ0) is 14.5. The molecule has 0 aromatic carbocycles. The Hall–Kier alpha value is -0.480. The van der Waals surface area contributed by atoms with Crippen LogP contribution in [-0.4, -0.2) is 43.6 Å². The summed E-state index contributed by atoms with van der Waals surface area (Å²) in [6, 6.07) is 1.47. The van der Waals surface area contributed by atoms with E-state index < -0.39 is 29.8 Å². The monoisotopic (exact) mass is 337 g/mol. The average Bonchev–Trinajstić information content (AvgIpc) is 2.83. The Morgan fingerprint density at radius 3 is 3.05 bits per heavy atom. The molecule has 3 rings (SSSR count). The molecule has 0 saturated carbocycles. The predicted molar refractivity (Wildman–Crippen MR) is 76.7 cm³/mol. The van der Waals surface area contributed by atoms with Crippen molar-refractivity contribution in [3.8, 4) is 0 Å². The molecule has 4 N–H and O–H groups in total. The summed E-state index contributed by atoms with van der Waals surface area (Å²) in [7, 11) is 0. The zero-order valence-electron chi connectivity index (χ0n) is 10.0. The van der Waals surface area contributed by atoms with Crippen molar-refractivity contribution in [2.24, 2.45) is 0 Å². The van der Waals surface area contributed by atoms with Crippen LogP contribution in [0.1, 0.15) is 6.23 Å². The molecular weight excluding hydrogens is 325 g/mol. The SMILES string of the molecule is Nc1ccn([C@@H]2O[C@H](CO)[C@H]3OP(O)(=S)S[C@H]32)c(=O)n1. The van der Waals surface area contributed by atoms with Crippen LogP contribution in [0.15, 0.2) is 17.1 Å². The molecule has 1 aromatic rings. The quantitative estimate of drug-likeness (QED) is 0.609. The maximum atomic E-state index is 11.9. The standard InChI is InChI=1S/C9H12N3O5PS2/c10-5-1-2-12(9(14)11-5)8-7-6(4(3-13)16-8)17-18(15,19)20-7/h1-2,4,6-8,13H,3H2,(H,15,19)(H2,10,11,14)/t4-,6-,7-,8-,18?/m1/s1. The topological polar surface area (TPSA) is 120 Å². The van der Waals surface area contributed by atoms with Crippen LogP contribution in [0.25, 0.3) is 0 Å². The number of nitrogens with zero attached hydrogens (tertiary/aromatic N) is 2. The highest BCUT2D eigenvalue weighted by atomic mass is 32.9. The van der Waals surface area contributed by atoms with E-state index in [1.807, 2.05) is 0 Å². The lowest BCUT2D eigenvalue weighted by Crippen LogP contribution is -2.32. The fourth-order valence-electron chi connectivity index (χ4n) is 2.27. The van der Waals surface area contributed by atoms with E-state index in [1.54, 1.807) is 0 Å². The number of hydrogen-bond acceptors (Lipinski definition) is 8. The fourth-order valence-corrected chi connectivity index (χ4v) is 7.17. The van der Waals surface area contributed by atoms with Gasteiger partial charge in [-0.25, -0.2) is 4.79 Å². The van der Waals surface area contributed by atoms with Crippen molar-refractivity contribution in [3.05, 3.63) is 22.7 Å². The van der Waals surface area contributed by atoms with E-state index in [2.05, 4.69) is 4.98 Å². The number of ether oxygens (including phenoxy) is 1. The lowest BCUT2D eigenvalue weighted by atomic mass is 10.2. The van der Waals surface area contributed by atoms with E-state index in [-0.39, 0.29) is 17.7 Å². The average molecular weight is 337 g/mol. The Morgan fingerprint density at radius 2 is 2.40 bits per heavy atom. The first-order valence-corrected chi connectivity index (χ1v) is 9.87. The largest absolute Gasteiger partial charge is 0.394 e. The van der Waals surface area contributed by atoms with Crippen LogP contribution < -0.4 is 11.4 Å². The van der Waals surface area contributed by atoms with E-state index in [4.69, 9.17) is 26.8 Å². The molecule has 0 bridgehead atoms. The molecule has 1 unspecified atom stereocenters. The summed E-state index contributed by atoms with van der Waals surface area (Å²) in [5, 5.41) is 8.95. The summed E-state index contributed by atoms with van der Waals surface area (Å²) < 4.78 is 12.3. The van der Waals surface area contributed by atoms with Crippen molar-refractivity contribution in [2.45, 2.75) is 23.7 Å². The molecule has 8 nitrogen and oxygen atoms in total. The van der Waals surface area contributed by atoms with Crippen LogP contribution in [0.3, 0.4) is 0 Å². The normalized spacial score (nSPS) is 39.9. The molecule has 2 saturated heterocycles. The lowest BCUT2D eigenvalue weighted by Gasteiger charge is -2.19. The van der Waals surface area contributed by atoms with Crippen molar-refractivity contribution in [1.82, 2.24) is 9.55 Å². The third kappa shape index (κ3) is 2.41. The second kappa shape index (κ2) is 5.06. The van der Waals surface area contributed by atoms with Gasteiger partial charge >= 0.3 is 5.69 Å². The Balaban J connectivity index is 1.98. The number of aliphatic hydroxyl groups is 1. The first kappa shape index (κ1) is 14.5. The van der Waals surface area contributed by atoms with Crippen molar-refractivity contribution >= 4 is 34.7 Å². The number of hydrogen-bond donors (Lipinski definition) is 3. The number of nitrogens with two attached hydrogens (primary N) is 1. The van der Waals surface area contributed by atoms with Gasteiger partial charge in [0.25, 0.3) is 0 Å². The molecule has 0 spiro atoms. The molecule has 0 radical (unpaired) electrons. The lowest BCUT2D eigenvalue weighted by molar-refractivity contribution is -0.0417. The molecule has 0 amide bonds. The zero-order valence-corrected chi connectivity index (χ0v) is 12.6. The first-order valence-electron chi connectivity index (χ1n) is 5.72. The number of fused-ring (bicyclic) bond motifs is 1. The summed E-state index contributed by atoms with van der Waals surface area (Å²) >= 11 is 6.05. The summed E-state index contributed by atoms with van der Waals surface area (Å²) in [6.07, 6.45) is -0.430. The van der Waals surface area contributed by atoms with Gasteiger partial charge in [-0.3, -0.25) is 4.57 Å². The number of nitrogen functional groups attached to an aromatic ring is 1. The van der Waals surface area contributed by atoms with E-state index >= 15 is 0 Å². The molecule has 20 heavy (non-hydrogen) atoms. The highest BCUT2D eigenvalue weighted by Gasteiger charge is 2.55. The molecule has 0 aliphatic carbocycles. The van der Waals surface area contributed by atoms with Gasteiger partial charge < -0.3 is 25.0 Å². The van der Waals surface area contributed by atoms with E-state index in [0.717, 1.165) is 11.4 Å². The predicted octanol–water partition coefficient (Wildman–Crippen LogP) is -0.567. The number of aliphatic hydroxyl groups excluding tert-OH is 1. The molecular formula is C9H12N3O5PS2. The third-order valence-corrected chi connectivity index (χ3v) is 7.44. The first-order chi connectivity index (χ1) is 9.41. The minimum atomic E-state index is -2.96. The van der Waals surface area contributed by atoms with Crippen molar-refractivity contribution in [2.75, 3.05) is 12.3 Å². The van der Waals surface area contributed by atoms with Crippen molar-refractivity contribution in [3.63, 3.8) is 0 Å². The van der Waals surface area contributed by atoms with Crippen LogP contribution in [-0.2, 0) is 21.1 Å². The van der Waals surface area contributed by atoms with Gasteiger partial charge in [0.05, 0.1) is 11.9 Å². The maximum absolute atomic E-state index is 11.9. The molecule has 1 aromatic heterocycles. The van der Waals surface area contributed by atoms with Crippen LogP contribution in [0.4, 0.5) is 5.82 Å². The van der Waals surface area contributed by atoms with Gasteiger partial charge in [-0.2, -0.15) is 4.98 Å². The highest BCUT2D eigenvalue weighted by Crippen LogP contribution is 2.69. The smallest absolute Gasteiger partial charge is 0.351 e. The minimum absolute atomic E-state index is 0.113. The Kier molecular flexibility index (Phi) is 3.66. The van der Waals surface area contributed by atoms with Gasteiger partial charge in [0, 0.05) is 6.20 Å². The van der Waals surface area contributed by atoms with Crippen molar-refractivity contribution < 1.29 is 19.3 Å². The minimum Gasteiger partial charge on any atom is -0.394 e. The van der Waals surface area contributed by atoms with E-state index in [1.165, 1.54) is 16.8 Å². The van der Waals surface area contributed by atoms with Gasteiger partial charge in [0.1, 0.15) is 18.0 Å². The number of rotatable bonds is 2. The third-order valence-electron chi connectivity index (χ3n) is 3.10. The fraction of sp³-hybridized carbons (Fsp3) is 0.556. The summed E-state index contributed by atoms with van der Waals surface area (Å²) in [5.41, 5.74) is 1.92. The van der Waals surface area contributed by atoms with Crippen LogP contribution in [0.2, 0.25) is 0 Å². The Morgan fingerprint density at radius 1 is 1.65 bits per heavy atom. The molecule has 3 heterocycles. The van der Waals surface area contributed by atoms with Gasteiger partial charge in [-0.05, 0) is 17.9 Å². The second-order valence-electron chi connectivity index (χ2n) is 4.40. The van der Waals surface area contributed by atoms with E-state index in [9.17, 15) is 14.8 Å². The Labute approximate surface area is 122 Å². The maximum Gasteiger partial charge on any atom is 0.351 e. The molecule has 2 fully saturated rings. The van der Waals surface area contributed by atoms with Gasteiger partial charge in [-0.1, -0.05) is 11.4 Å². The number of anilines is 1. The van der Waals surface area contributed by atoms with Crippen molar-refractivity contribution in [1.29, 1.82) is 0 Å². The molecule has 5 atom stereocenters. The summed E-state index contributed by atoms with van der Waals surface area (Å²) in [6.45, 7) is -0.287. The molecule has 2 aliphatic heterocycles.